The molecule has 0 bridgehead atoms. The summed E-state index contributed by atoms with van der Waals surface area (Å²) in [4.78, 5) is 41.6. The van der Waals surface area contributed by atoms with Crippen LogP contribution in [0, 0.1) is 0 Å². The first-order chi connectivity index (χ1) is 13.3. The van der Waals surface area contributed by atoms with Crippen LogP contribution in [-0.4, -0.2) is 22.0 Å². The number of benzene rings is 1. The van der Waals surface area contributed by atoms with Gasteiger partial charge in [0.1, 0.15) is 5.82 Å². The molecule has 0 saturated heterocycles. The molecule has 0 aliphatic carbocycles. The molecule has 0 aliphatic rings. The number of carbonyl (C=O) groups excluding carboxylic acids is 1. The van der Waals surface area contributed by atoms with E-state index >= 15 is 0 Å². The zero-order valence-corrected chi connectivity index (χ0v) is 18.3. The van der Waals surface area contributed by atoms with E-state index in [1.807, 2.05) is 13.8 Å². The Kier molecular flexibility index (Phi) is 7.88. The average Bonchev–Trinajstić information content (AvgIpc) is 2.65. The van der Waals surface area contributed by atoms with Crippen molar-refractivity contribution in [1.82, 2.24) is 9.55 Å². The fourth-order valence-electron chi connectivity index (χ4n) is 2.81. The summed E-state index contributed by atoms with van der Waals surface area (Å²) in [5, 5.41) is 0.268. The quantitative estimate of drug-likeness (QED) is 0.611. The Balaban J connectivity index is 2.63. The molecular weight excluding hydrogens is 448 g/mol. The molecule has 1 heterocycles. The SMILES string of the molecule is CCCCN(C(=O)c1cc(Br)ccc1Cl)c1c(N)n(CCCC)c(=O)[nH]c1=O. The van der Waals surface area contributed by atoms with E-state index in [0.29, 0.717) is 17.4 Å². The number of amides is 1. The second-order valence-corrected chi connectivity index (χ2v) is 7.76. The van der Waals surface area contributed by atoms with E-state index in [4.69, 9.17) is 17.3 Å². The van der Waals surface area contributed by atoms with Gasteiger partial charge in [-0.05, 0) is 31.0 Å². The smallest absolute Gasteiger partial charge is 0.330 e. The molecule has 0 atom stereocenters. The van der Waals surface area contributed by atoms with Crippen molar-refractivity contribution in [3.8, 4) is 0 Å². The second kappa shape index (κ2) is 9.93. The number of nitrogens with zero attached hydrogens (tertiary/aromatic N) is 2. The highest BCUT2D eigenvalue weighted by Gasteiger charge is 2.26. The molecule has 7 nitrogen and oxygen atoms in total. The van der Waals surface area contributed by atoms with Gasteiger partial charge >= 0.3 is 5.69 Å². The van der Waals surface area contributed by atoms with E-state index in [1.165, 1.54) is 9.47 Å². The monoisotopic (exact) mass is 470 g/mol. The first-order valence-electron chi connectivity index (χ1n) is 9.21. The summed E-state index contributed by atoms with van der Waals surface area (Å²) < 4.78 is 1.99. The van der Waals surface area contributed by atoms with Crippen molar-refractivity contribution in [2.45, 2.75) is 46.1 Å². The number of H-pyrrole nitrogens is 1. The lowest BCUT2D eigenvalue weighted by Crippen LogP contribution is -2.41. The van der Waals surface area contributed by atoms with Crippen LogP contribution >= 0.6 is 27.5 Å². The van der Waals surface area contributed by atoms with E-state index in [9.17, 15) is 14.4 Å². The van der Waals surface area contributed by atoms with Crippen LogP contribution in [0.15, 0.2) is 32.3 Å². The topological polar surface area (TPSA) is 101 Å². The third kappa shape index (κ3) is 4.86. The molecule has 0 spiro atoms. The van der Waals surface area contributed by atoms with Crippen LogP contribution in [0.2, 0.25) is 5.02 Å². The Morgan fingerprint density at radius 3 is 2.57 bits per heavy atom. The zero-order chi connectivity index (χ0) is 20.8. The summed E-state index contributed by atoms with van der Waals surface area (Å²) in [6.45, 7) is 4.60. The zero-order valence-electron chi connectivity index (χ0n) is 15.9. The highest BCUT2D eigenvalue weighted by atomic mass is 79.9. The number of carbonyl (C=O) groups is 1. The third-order valence-electron chi connectivity index (χ3n) is 4.36. The number of hydrogen-bond donors (Lipinski definition) is 2. The molecule has 1 aromatic heterocycles. The lowest BCUT2D eigenvalue weighted by Gasteiger charge is -2.25. The number of hydrogen-bond acceptors (Lipinski definition) is 4. The average molecular weight is 472 g/mol. The van der Waals surface area contributed by atoms with Gasteiger partial charge in [0.05, 0.1) is 10.6 Å². The maximum Gasteiger partial charge on any atom is 0.330 e. The molecule has 9 heteroatoms. The Morgan fingerprint density at radius 2 is 1.93 bits per heavy atom. The Labute approximate surface area is 176 Å². The van der Waals surface area contributed by atoms with Crippen molar-refractivity contribution in [3.05, 3.63) is 54.1 Å². The van der Waals surface area contributed by atoms with Gasteiger partial charge in [-0.15, -0.1) is 0 Å². The number of anilines is 2. The fourth-order valence-corrected chi connectivity index (χ4v) is 3.37. The highest BCUT2D eigenvalue weighted by Crippen LogP contribution is 2.26. The molecule has 28 heavy (non-hydrogen) atoms. The molecular formula is C19H24BrClN4O3. The van der Waals surface area contributed by atoms with Gasteiger partial charge in [0.25, 0.3) is 11.5 Å². The molecule has 2 rings (SSSR count). The van der Waals surface area contributed by atoms with Crippen LogP contribution in [-0.2, 0) is 6.54 Å². The van der Waals surface area contributed by atoms with Gasteiger partial charge in [-0.1, -0.05) is 54.2 Å². The Hall–Kier alpha value is -2.06. The maximum absolute atomic E-state index is 13.3. The summed E-state index contributed by atoms with van der Waals surface area (Å²) in [7, 11) is 0. The molecule has 3 N–H and O–H groups in total. The molecule has 1 aromatic carbocycles. The van der Waals surface area contributed by atoms with E-state index in [0.717, 1.165) is 19.3 Å². The molecule has 0 unspecified atom stereocenters. The van der Waals surface area contributed by atoms with Gasteiger partial charge in [-0.25, -0.2) is 4.79 Å². The van der Waals surface area contributed by atoms with E-state index in [-0.39, 0.29) is 28.6 Å². The van der Waals surface area contributed by atoms with Crippen molar-refractivity contribution in [1.29, 1.82) is 0 Å². The molecule has 0 saturated carbocycles. The minimum atomic E-state index is -0.689. The summed E-state index contributed by atoms with van der Waals surface area (Å²) in [5.41, 5.74) is 5.14. The predicted molar refractivity (Wildman–Crippen MR) is 116 cm³/mol. The number of halogens is 2. The summed E-state index contributed by atoms with van der Waals surface area (Å²) in [5.74, 6) is -0.463. The standard InChI is InChI=1S/C19H24BrClN4O3/c1-3-5-9-24(18(27)13-11-12(20)7-8-14(13)21)15-16(22)25(10-6-4-2)19(28)23-17(15)26/h7-8,11H,3-6,9-10,22H2,1-2H3,(H,23,26,28). The van der Waals surface area contributed by atoms with Gasteiger partial charge in [0, 0.05) is 17.6 Å². The predicted octanol–water partition coefficient (Wildman–Crippen LogP) is 3.78. The lowest BCUT2D eigenvalue weighted by molar-refractivity contribution is 0.0986. The normalized spacial score (nSPS) is 10.9. The number of unbranched alkanes of at least 4 members (excludes halogenated alkanes) is 2. The first-order valence-corrected chi connectivity index (χ1v) is 10.4. The third-order valence-corrected chi connectivity index (χ3v) is 5.18. The number of nitrogen functional groups attached to an aromatic ring is 1. The first kappa shape index (κ1) is 22.2. The summed E-state index contributed by atoms with van der Waals surface area (Å²) in [6, 6.07) is 4.93. The number of aromatic amines is 1. The van der Waals surface area contributed by atoms with Gasteiger partial charge in [0.2, 0.25) is 0 Å². The van der Waals surface area contributed by atoms with Crippen LogP contribution in [0.25, 0.3) is 0 Å². The minimum absolute atomic E-state index is 0.0160. The van der Waals surface area contributed by atoms with Crippen LogP contribution < -0.4 is 21.9 Å². The lowest BCUT2D eigenvalue weighted by atomic mass is 10.1. The minimum Gasteiger partial charge on any atom is -0.383 e. The Morgan fingerprint density at radius 1 is 1.25 bits per heavy atom. The van der Waals surface area contributed by atoms with E-state index in [2.05, 4.69) is 20.9 Å². The van der Waals surface area contributed by atoms with Crippen molar-refractivity contribution in [2.24, 2.45) is 0 Å². The molecule has 1 amide bonds. The largest absolute Gasteiger partial charge is 0.383 e. The van der Waals surface area contributed by atoms with Crippen LogP contribution in [0.3, 0.4) is 0 Å². The van der Waals surface area contributed by atoms with Crippen molar-refractivity contribution in [3.63, 3.8) is 0 Å². The maximum atomic E-state index is 13.3. The van der Waals surface area contributed by atoms with Crippen molar-refractivity contribution >= 4 is 44.9 Å². The highest BCUT2D eigenvalue weighted by molar-refractivity contribution is 9.10. The van der Waals surface area contributed by atoms with Crippen LogP contribution in [0.1, 0.15) is 49.9 Å². The van der Waals surface area contributed by atoms with Gasteiger partial charge in [0.15, 0.2) is 5.69 Å². The number of aromatic nitrogens is 2. The number of rotatable bonds is 8. The van der Waals surface area contributed by atoms with E-state index in [1.54, 1.807) is 18.2 Å². The number of nitrogens with two attached hydrogens (primary N) is 1. The van der Waals surface area contributed by atoms with Gasteiger partial charge < -0.3 is 10.6 Å². The Bertz CT molecular complexity index is 971. The molecule has 2 aromatic rings. The number of nitrogens with one attached hydrogen (secondary N) is 1. The summed E-state index contributed by atoms with van der Waals surface area (Å²) >= 11 is 9.55. The molecule has 0 fully saturated rings. The molecule has 152 valence electrons. The summed E-state index contributed by atoms with van der Waals surface area (Å²) in [6.07, 6.45) is 3.04. The van der Waals surface area contributed by atoms with Crippen molar-refractivity contribution < 1.29 is 4.79 Å². The van der Waals surface area contributed by atoms with Gasteiger partial charge in [-0.3, -0.25) is 19.1 Å². The van der Waals surface area contributed by atoms with Crippen LogP contribution in [0.5, 0.6) is 0 Å². The van der Waals surface area contributed by atoms with E-state index < -0.39 is 17.2 Å². The van der Waals surface area contributed by atoms with Gasteiger partial charge in [-0.2, -0.15) is 0 Å². The molecule has 0 radical (unpaired) electrons. The second-order valence-electron chi connectivity index (χ2n) is 6.43. The fraction of sp³-hybridized carbons (Fsp3) is 0.421. The van der Waals surface area contributed by atoms with Crippen molar-refractivity contribution in [2.75, 3.05) is 17.2 Å². The van der Waals surface area contributed by atoms with Crippen LogP contribution in [0.4, 0.5) is 11.5 Å². The molecule has 0 aliphatic heterocycles.